The highest BCUT2D eigenvalue weighted by atomic mass is 16.5. The number of imide groups is 1. The van der Waals surface area contributed by atoms with Crippen molar-refractivity contribution < 1.29 is 33.5 Å². The molecule has 1 saturated heterocycles. The van der Waals surface area contributed by atoms with Gasteiger partial charge >= 0.3 is 0 Å². The minimum absolute atomic E-state index is 0.0109. The first kappa shape index (κ1) is 34.5. The van der Waals surface area contributed by atoms with E-state index in [0.717, 1.165) is 0 Å². The Bertz CT molecular complexity index is 1150. The summed E-state index contributed by atoms with van der Waals surface area (Å²) in [6.07, 6.45) is 2.24. The molecule has 1 aromatic rings. The monoisotopic (exact) mass is 582 g/mol. The van der Waals surface area contributed by atoms with Crippen LogP contribution in [0, 0.1) is 17.3 Å². The second-order valence-electron chi connectivity index (χ2n) is 12.1. The van der Waals surface area contributed by atoms with Gasteiger partial charge in [-0.05, 0) is 48.8 Å². The summed E-state index contributed by atoms with van der Waals surface area (Å²) in [7, 11) is 4.95. The first-order valence-electron chi connectivity index (χ1n) is 14.4. The van der Waals surface area contributed by atoms with Crippen LogP contribution in [0.5, 0.6) is 0 Å². The van der Waals surface area contributed by atoms with Crippen LogP contribution in [-0.2, 0) is 35.3 Å². The van der Waals surface area contributed by atoms with Crippen LogP contribution in [0.3, 0.4) is 0 Å². The highest BCUT2D eigenvalue weighted by molar-refractivity contribution is 6.55. The SMILES string of the molecule is [B]C(=O)OCc1ccc(NC(=O)[C@@H](C)NC(=O)C(NC(=O)CCCCCN2C(=O)CC(C(C)(C)C)C2=O)C(C)C)cc1. The van der Waals surface area contributed by atoms with Crippen molar-refractivity contribution in [2.24, 2.45) is 17.3 Å². The van der Waals surface area contributed by atoms with Crippen molar-refractivity contribution in [3.8, 4) is 0 Å². The highest BCUT2D eigenvalue weighted by Crippen LogP contribution is 2.35. The van der Waals surface area contributed by atoms with Crippen LogP contribution in [0.25, 0.3) is 0 Å². The fraction of sp³-hybridized carbons (Fsp3) is 0.600. The molecule has 12 heteroatoms. The Morgan fingerprint density at radius 3 is 2.17 bits per heavy atom. The number of likely N-dealkylation sites (tertiary alicyclic amines) is 1. The molecule has 2 radical (unpaired) electrons. The number of nitrogens with one attached hydrogen (secondary N) is 3. The molecule has 1 aliphatic heterocycles. The van der Waals surface area contributed by atoms with Gasteiger partial charge in [-0.25, -0.2) is 0 Å². The maximum absolute atomic E-state index is 12.9. The molecule has 5 amide bonds. The number of hydrogen-bond acceptors (Lipinski definition) is 7. The Hall–Kier alpha value is -3.70. The van der Waals surface area contributed by atoms with Gasteiger partial charge in [0.05, 0.1) is 5.92 Å². The fourth-order valence-electron chi connectivity index (χ4n) is 4.57. The topological polar surface area (TPSA) is 151 Å². The molecule has 42 heavy (non-hydrogen) atoms. The Kier molecular flexibility index (Phi) is 12.7. The molecule has 0 spiro atoms. The van der Waals surface area contributed by atoms with Crippen LogP contribution in [-0.4, -0.2) is 66.8 Å². The van der Waals surface area contributed by atoms with Crippen molar-refractivity contribution in [2.45, 2.75) is 92.3 Å². The summed E-state index contributed by atoms with van der Waals surface area (Å²) in [6.45, 7) is 11.4. The van der Waals surface area contributed by atoms with E-state index in [1.807, 2.05) is 20.8 Å². The van der Waals surface area contributed by atoms with Gasteiger partial charge in [0.25, 0.3) is 0 Å². The van der Waals surface area contributed by atoms with E-state index in [4.69, 9.17) is 12.6 Å². The number of ether oxygens (including phenoxy) is 1. The minimum atomic E-state index is -0.882. The van der Waals surface area contributed by atoms with Gasteiger partial charge in [-0.15, -0.1) is 0 Å². The Morgan fingerprint density at radius 2 is 1.62 bits per heavy atom. The average molecular weight is 583 g/mol. The molecule has 0 aromatic heterocycles. The van der Waals surface area contributed by atoms with E-state index in [0.29, 0.717) is 37.1 Å². The fourth-order valence-corrected chi connectivity index (χ4v) is 4.57. The maximum atomic E-state index is 12.9. The van der Waals surface area contributed by atoms with Crippen LogP contribution in [0.15, 0.2) is 24.3 Å². The second-order valence-corrected chi connectivity index (χ2v) is 12.1. The summed E-state index contributed by atoms with van der Waals surface area (Å²) in [5.74, 6) is -2.87. The van der Waals surface area contributed by atoms with Crippen molar-refractivity contribution in [3.05, 3.63) is 29.8 Å². The van der Waals surface area contributed by atoms with Gasteiger partial charge in [0.1, 0.15) is 18.7 Å². The highest BCUT2D eigenvalue weighted by Gasteiger charge is 2.44. The normalized spacial score (nSPS) is 16.6. The number of amides is 5. The van der Waals surface area contributed by atoms with E-state index in [9.17, 15) is 28.8 Å². The third kappa shape index (κ3) is 10.6. The average Bonchev–Trinajstić information content (AvgIpc) is 3.19. The predicted octanol–water partition coefficient (Wildman–Crippen LogP) is 3.06. The van der Waals surface area contributed by atoms with Crippen LogP contribution in [0.4, 0.5) is 10.5 Å². The third-order valence-electron chi connectivity index (χ3n) is 7.20. The van der Waals surface area contributed by atoms with Crippen molar-refractivity contribution in [1.82, 2.24) is 15.5 Å². The lowest BCUT2D eigenvalue weighted by atomic mass is 9.80. The van der Waals surface area contributed by atoms with E-state index in [-0.39, 0.29) is 54.4 Å². The molecular weight excluding hydrogens is 539 g/mol. The third-order valence-corrected chi connectivity index (χ3v) is 7.20. The van der Waals surface area contributed by atoms with Gasteiger partial charge in [-0.2, -0.15) is 0 Å². The van der Waals surface area contributed by atoms with Crippen LogP contribution in [0.1, 0.15) is 79.2 Å². The molecule has 0 bridgehead atoms. The van der Waals surface area contributed by atoms with E-state index in [1.54, 1.807) is 45.0 Å². The lowest BCUT2D eigenvalue weighted by Crippen LogP contribution is -2.53. The molecule has 0 aliphatic carbocycles. The van der Waals surface area contributed by atoms with Gasteiger partial charge in [0.2, 0.25) is 43.3 Å². The number of nitrogens with zero attached hydrogens (tertiary/aromatic N) is 1. The molecule has 11 nitrogen and oxygen atoms in total. The molecule has 1 heterocycles. The quantitative estimate of drug-likeness (QED) is 0.173. The van der Waals surface area contributed by atoms with Gasteiger partial charge < -0.3 is 20.7 Å². The molecule has 2 unspecified atom stereocenters. The zero-order chi connectivity index (χ0) is 31.6. The zero-order valence-corrected chi connectivity index (χ0v) is 25.5. The molecule has 228 valence electrons. The molecule has 1 aromatic carbocycles. The summed E-state index contributed by atoms with van der Waals surface area (Å²) in [5.41, 5.74) is 0.914. The number of hydrogen-bond donors (Lipinski definition) is 3. The first-order chi connectivity index (χ1) is 19.6. The van der Waals surface area contributed by atoms with Crippen molar-refractivity contribution in [2.75, 3.05) is 11.9 Å². The molecule has 2 rings (SSSR count). The minimum Gasteiger partial charge on any atom is -0.470 e. The lowest BCUT2D eigenvalue weighted by molar-refractivity contribution is -0.140. The van der Waals surface area contributed by atoms with Crippen LogP contribution in [0.2, 0.25) is 0 Å². The molecule has 1 aliphatic rings. The summed E-state index contributed by atoms with van der Waals surface area (Å²) < 4.78 is 4.72. The van der Waals surface area contributed by atoms with Gasteiger partial charge in [0, 0.05) is 25.1 Å². The molecule has 0 saturated carbocycles. The number of rotatable bonds is 14. The van der Waals surface area contributed by atoms with Crippen LogP contribution < -0.4 is 16.0 Å². The summed E-state index contributed by atoms with van der Waals surface area (Å²) in [4.78, 5) is 75.1. The maximum Gasteiger partial charge on any atom is 0.246 e. The Morgan fingerprint density at radius 1 is 0.976 bits per heavy atom. The van der Waals surface area contributed by atoms with E-state index < -0.39 is 29.8 Å². The number of anilines is 1. The number of benzene rings is 1. The Labute approximate surface area is 249 Å². The Balaban J connectivity index is 1.76. The second kappa shape index (κ2) is 15.5. The van der Waals surface area contributed by atoms with Gasteiger partial charge in [-0.3, -0.25) is 33.7 Å². The summed E-state index contributed by atoms with van der Waals surface area (Å²) in [5, 5.41) is 8.12. The standard InChI is InChI=1S/C30H43BN4O7/c1-18(2)25(27(39)32-19(3)26(38)33-21-13-11-20(12-14-21)17-42-29(31)41)34-23(36)10-8-7-9-15-35-24(37)16-22(28(35)40)30(4,5)6/h11-14,18-19,22,25H,7-10,15-17H2,1-6H3,(H,32,39)(H,33,38)(H,34,36)/t19-,22?,25?/m1/s1. The molecular formula is C30H43BN4O7. The predicted molar refractivity (Wildman–Crippen MR) is 158 cm³/mol. The van der Waals surface area contributed by atoms with E-state index in [2.05, 4.69) is 16.0 Å². The largest absolute Gasteiger partial charge is 0.470 e. The van der Waals surface area contributed by atoms with E-state index in [1.165, 1.54) is 4.90 Å². The van der Waals surface area contributed by atoms with Crippen LogP contribution >= 0.6 is 0 Å². The number of carbonyl (C=O) groups excluding carboxylic acids is 6. The summed E-state index contributed by atoms with van der Waals surface area (Å²) in [6, 6.07) is 4.90. The number of carbonyl (C=O) groups is 6. The van der Waals surface area contributed by atoms with Gasteiger partial charge in [0.15, 0.2) is 0 Å². The van der Waals surface area contributed by atoms with Crippen molar-refractivity contribution in [1.29, 1.82) is 0 Å². The van der Waals surface area contributed by atoms with Gasteiger partial charge in [-0.1, -0.05) is 53.2 Å². The molecule has 3 N–H and O–H groups in total. The molecule has 3 atom stereocenters. The zero-order valence-electron chi connectivity index (χ0n) is 25.5. The lowest BCUT2D eigenvalue weighted by Gasteiger charge is -2.25. The van der Waals surface area contributed by atoms with Crippen molar-refractivity contribution in [3.63, 3.8) is 0 Å². The summed E-state index contributed by atoms with van der Waals surface area (Å²) >= 11 is 0. The number of unbranched alkanes of at least 4 members (excludes halogenated alkanes) is 2. The first-order valence-corrected chi connectivity index (χ1v) is 14.4. The van der Waals surface area contributed by atoms with E-state index >= 15 is 0 Å². The smallest absolute Gasteiger partial charge is 0.246 e. The molecule has 1 fully saturated rings. The van der Waals surface area contributed by atoms with Crippen molar-refractivity contribution >= 4 is 48.9 Å².